The lowest BCUT2D eigenvalue weighted by Crippen LogP contribution is -2.02. The van der Waals surface area contributed by atoms with Gasteiger partial charge in [-0.05, 0) is 12.1 Å². The molecule has 4 heteroatoms. The van der Waals surface area contributed by atoms with Crippen LogP contribution in [0.4, 0.5) is 4.39 Å². The van der Waals surface area contributed by atoms with E-state index in [1.165, 1.54) is 13.2 Å². The number of benzene rings is 1. The van der Waals surface area contributed by atoms with Gasteiger partial charge in [-0.1, -0.05) is 15.9 Å². The van der Waals surface area contributed by atoms with E-state index in [1.54, 1.807) is 6.07 Å². The van der Waals surface area contributed by atoms with E-state index in [4.69, 9.17) is 10.5 Å². The maximum atomic E-state index is 13.1. The summed E-state index contributed by atoms with van der Waals surface area (Å²) in [4.78, 5) is 0. The van der Waals surface area contributed by atoms with E-state index >= 15 is 0 Å². The van der Waals surface area contributed by atoms with Gasteiger partial charge in [-0.3, -0.25) is 0 Å². The topological polar surface area (TPSA) is 35.2 Å². The summed E-state index contributed by atoms with van der Waals surface area (Å²) in [6.07, 6.45) is 0. The minimum absolute atomic E-state index is 0.141. The van der Waals surface area contributed by atoms with Gasteiger partial charge in [0.2, 0.25) is 0 Å². The minimum atomic E-state index is -0.344. The number of hydrogen-bond acceptors (Lipinski definition) is 2. The monoisotopic (exact) mass is 233 g/mol. The van der Waals surface area contributed by atoms with Crippen LogP contribution >= 0.6 is 15.9 Å². The van der Waals surface area contributed by atoms with Crippen LogP contribution in [0.25, 0.3) is 0 Å². The zero-order chi connectivity index (χ0) is 9.14. The van der Waals surface area contributed by atoms with Gasteiger partial charge in [0, 0.05) is 16.6 Å². The third-order valence-corrected chi connectivity index (χ3v) is 2.00. The molecular weight excluding hydrogens is 225 g/mol. The fraction of sp³-hybridized carbons (Fsp3) is 0.250. The predicted octanol–water partition coefficient (Wildman–Crippen LogP) is 2.06. The number of rotatable bonds is 2. The van der Waals surface area contributed by atoms with Gasteiger partial charge in [0.15, 0.2) is 0 Å². The van der Waals surface area contributed by atoms with E-state index in [0.717, 1.165) is 0 Å². The van der Waals surface area contributed by atoms with E-state index in [-0.39, 0.29) is 12.4 Å². The van der Waals surface area contributed by atoms with Crippen molar-refractivity contribution in [3.8, 4) is 5.75 Å². The SMILES string of the molecule is COc1cc(Br)cc(F)c1CN. The molecule has 0 saturated carbocycles. The molecule has 0 bridgehead atoms. The first-order valence-corrected chi connectivity index (χ1v) is 4.20. The standard InChI is InChI=1S/C8H9BrFNO/c1-12-8-3-5(9)2-7(10)6(8)4-11/h2-3H,4,11H2,1H3. The summed E-state index contributed by atoms with van der Waals surface area (Å²) in [6, 6.07) is 3.05. The van der Waals surface area contributed by atoms with Crippen molar-refractivity contribution < 1.29 is 9.13 Å². The fourth-order valence-electron chi connectivity index (χ4n) is 0.960. The summed E-state index contributed by atoms with van der Waals surface area (Å²) < 4.78 is 18.7. The van der Waals surface area contributed by atoms with Gasteiger partial charge in [-0.15, -0.1) is 0 Å². The van der Waals surface area contributed by atoms with Crippen molar-refractivity contribution in [1.82, 2.24) is 0 Å². The summed E-state index contributed by atoms with van der Waals surface area (Å²) in [5.74, 6) is 0.133. The normalized spacial score (nSPS) is 10.0. The van der Waals surface area contributed by atoms with E-state index in [9.17, 15) is 4.39 Å². The second-order valence-corrected chi connectivity index (χ2v) is 3.19. The van der Waals surface area contributed by atoms with Crippen molar-refractivity contribution in [2.24, 2.45) is 5.73 Å². The molecule has 0 saturated heterocycles. The van der Waals surface area contributed by atoms with Crippen LogP contribution in [0, 0.1) is 5.82 Å². The summed E-state index contributed by atoms with van der Waals surface area (Å²) in [5.41, 5.74) is 5.75. The molecule has 0 spiro atoms. The maximum Gasteiger partial charge on any atom is 0.132 e. The smallest absolute Gasteiger partial charge is 0.132 e. The first kappa shape index (κ1) is 9.48. The number of ether oxygens (including phenoxy) is 1. The first-order chi connectivity index (χ1) is 5.69. The highest BCUT2D eigenvalue weighted by Crippen LogP contribution is 2.25. The van der Waals surface area contributed by atoms with Crippen molar-refractivity contribution in [2.45, 2.75) is 6.54 Å². The van der Waals surface area contributed by atoms with E-state index in [0.29, 0.717) is 15.8 Å². The van der Waals surface area contributed by atoms with Crippen LogP contribution in [-0.2, 0) is 6.54 Å². The lowest BCUT2D eigenvalue weighted by molar-refractivity contribution is 0.404. The predicted molar refractivity (Wildman–Crippen MR) is 48.5 cm³/mol. The molecule has 0 amide bonds. The van der Waals surface area contributed by atoms with Crippen LogP contribution in [0.5, 0.6) is 5.75 Å². The summed E-state index contributed by atoms with van der Waals surface area (Å²) in [7, 11) is 1.49. The molecule has 0 aliphatic carbocycles. The Morgan fingerprint density at radius 2 is 2.25 bits per heavy atom. The minimum Gasteiger partial charge on any atom is -0.496 e. The highest BCUT2D eigenvalue weighted by atomic mass is 79.9. The van der Waals surface area contributed by atoms with Gasteiger partial charge < -0.3 is 10.5 Å². The van der Waals surface area contributed by atoms with Crippen molar-refractivity contribution >= 4 is 15.9 Å². The number of hydrogen-bond donors (Lipinski definition) is 1. The second kappa shape index (κ2) is 3.87. The van der Waals surface area contributed by atoms with Gasteiger partial charge in [-0.25, -0.2) is 4.39 Å². The molecule has 2 nitrogen and oxygen atoms in total. The molecule has 0 fully saturated rings. The van der Waals surface area contributed by atoms with Crippen molar-refractivity contribution in [3.63, 3.8) is 0 Å². The molecule has 0 aliphatic heterocycles. The number of halogens is 2. The average Bonchev–Trinajstić information content (AvgIpc) is 2.03. The Kier molecular flexibility index (Phi) is 3.05. The lowest BCUT2D eigenvalue weighted by Gasteiger charge is -2.07. The fourth-order valence-corrected chi connectivity index (χ4v) is 1.37. The largest absolute Gasteiger partial charge is 0.496 e. The third-order valence-electron chi connectivity index (χ3n) is 1.54. The number of nitrogens with two attached hydrogens (primary N) is 1. The Hall–Kier alpha value is -0.610. The van der Waals surface area contributed by atoms with Crippen molar-refractivity contribution in [1.29, 1.82) is 0 Å². The average molecular weight is 234 g/mol. The van der Waals surface area contributed by atoms with Crippen LogP contribution in [0.2, 0.25) is 0 Å². The zero-order valence-corrected chi connectivity index (χ0v) is 8.19. The molecule has 1 rings (SSSR count). The molecular formula is C8H9BrFNO. The van der Waals surface area contributed by atoms with E-state index in [1.807, 2.05) is 0 Å². The second-order valence-electron chi connectivity index (χ2n) is 2.27. The van der Waals surface area contributed by atoms with Gasteiger partial charge in [0.05, 0.1) is 7.11 Å². The quantitative estimate of drug-likeness (QED) is 0.849. The highest BCUT2D eigenvalue weighted by molar-refractivity contribution is 9.10. The molecule has 0 heterocycles. The Labute approximate surface area is 78.6 Å². The molecule has 2 N–H and O–H groups in total. The summed E-state index contributed by atoms with van der Waals surface area (Å²) in [6.45, 7) is 0.141. The molecule has 0 aromatic heterocycles. The molecule has 0 aliphatic rings. The summed E-state index contributed by atoms with van der Waals surface area (Å²) >= 11 is 3.16. The zero-order valence-electron chi connectivity index (χ0n) is 6.60. The maximum absolute atomic E-state index is 13.1. The molecule has 12 heavy (non-hydrogen) atoms. The van der Waals surface area contributed by atoms with Crippen LogP contribution in [0.3, 0.4) is 0 Å². The number of methoxy groups -OCH3 is 1. The third kappa shape index (κ3) is 1.76. The van der Waals surface area contributed by atoms with Crippen LogP contribution < -0.4 is 10.5 Å². The van der Waals surface area contributed by atoms with Crippen LogP contribution in [0.1, 0.15) is 5.56 Å². The molecule has 1 aromatic rings. The molecule has 1 aromatic carbocycles. The molecule has 0 atom stereocenters. The molecule has 66 valence electrons. The Balaban J connectivity index is 3.24. The van der Waals surface area contributed by atoms with Crippen LogP contribution in [-0.4, -0.2) is 7.11 Å². The highest BCUT2D eigenvalue weighted by Gasteiger charge is 2.08. The van der Waals surface area contributed by atoms with E-state index in [2.05, 4.69) is 15.9 Å². The molecule has 0 radical (unpaired) electrons. The Morgan fingerprint density at radius 1 is 1.58 bits per heavy atom. The van der Waals surface area contributed by atoms with Crippen molar-refractivity contribution in [2.75, 3.05) is 7.11 Å². The molecule has 0 unspecified atom stereocenters. The lowest BCUT2D eigenvalue weighted by atomic mass is 10.2. The van der Waals surface area contributed by atoms with E-state index < -0.39 is 0 Å². The van der Waals surface area contributed by atoms with Crippen molar-refractivity contribution in [3.05, 3.63) is 28.0 Å². The van der Waals surface area contributed by atoms with Crippen LogP contribution in [0.15, 0.2) is 16.6 Å². The Bertz CT molecular complexity index is 291. The van der Waals surface area contributed by atoms with Gasteiger partial charge in [0.1, 0.15) is 11.6 Å². The van der Waals surface area contributed by atoms with Gasteiger partial charge in [0.25, 0.3) is 0 Å². The van der Waals surface area contributed by atoms with Gasteiger partial charge >= 0.3 is 0 Å². The first-order valence-electron chi connectivity index (χ1n) is 3.41. The Morgan fingerprint density at radius 3 is 2.75 bits per heavy atom. The summed E-state index contributed by atoms with van der Waals surface area (Å²) in [5, 5.41) is 0. The van der Waals surface area contributed by atoms with Gasteiger partial charge in [-0.2, -0.15) is 0 Å².